The molecule has 1 N–H and O–H groups in total. The van der Waals surface area contributed by atoms with Gasteiger partial charge in [0, 0.05) is 38.8 Å². The SMILES string of the molecule is CC1(C(=O)N2CCC(N3CCOCC3)C2)CCCNC1. The molecule has 0 spiro atoms. The molecular weight excluding hydrogens is 254 g/mol. The topological polar surface area (TPSA) is 44.8 Å². The van der Waals surface area contributed by atoms with E-state index >= 15 is 0 Å². The molecule has 3 fully saturated rings. The first-order valence-electron chi connectivity index (χ1n) is 8.01. The van der Waals surface area contributed by atoms with Crippen LogP contribution in [0.5, 0.6) is 0 Å². The van der Waals surface area contributed by atoms with Crippen molar-refractivity contribution in [2.75, 3.05) is 52.5 Å². The Kier molecular flexibility index (Phi) is 4.29. The Morgan fingerprint density at radius 2 is 2.10 bits per heavy atom. The van der Waals surface area contributed by atoms with E-state index in [-0.39, 0.29) is 5.41 Å². The van der Waals surface area contributed by atoms with Gasteiger partial charge in [-0.05, 0) is 32.7 Å². The van der Waals surface area contributed by atoms with Gasteiger partial charge in [0.1, 0.15) is 0 Å². The van der Waals surface area contributed by atoms with Crippen molar-refractivity contribution >= 4 is 5.91 Å². The van der Waals surface area contributed by atoms with E-state index in [1.807, 2.05) is 0 Å². The van der Waals surface area contributed by atoms with Gasteiger partial charge in [0.25, 0.3) is 0 Å². The summed E-state index contributed by atoms with van der Waals surface area (Å²) < 4.78 is 5.41. The normalized spacial score (nSPS) is 36.2. The van der Waals surface area contributed by atoms with E-state index in [1.54, 1.807) is 0 Å². The van der Waals surface area contributed by atoms with Crippen LogP contribution in [0.15, 0.2) is 0 Å². The standard InChI is InChI=1S/C15H27N3O2/c1-15(4-2-5-16-12-15)14(19)18-6-3-13(11-18)17-7-9-20-10-8-17/h13,16H,2-12H2,1H3. The van der Waals surface area contributed by atoms with Gasteiger partial charge >= 0.3 is 0 Å². The van der Waals surface area contributed by atoms with E-state index in [0.29, 0.717) is 11.9 Å². The fourth-order valence-electron chi connectivity index (χ4n) is 3.79. The molecule has 2 atom stereocenters. The van der Waals surface area contributed by atoms with Crippen LogP contribution in [0.25, 0.3) is 0 Å². The predicted octanol–water partition coefficient (Wildman–Crippen LogP) is 0.309. The summed E-state index contributed by atoms with van der Waals surface area (Å²) in [6, 6.07) is 0.544. The van der Waals surface area contributed by atoms with Gasteiger partial charge in [-0.3, -0.25) is 9.69 Å². The zero-order valence-electron chi connectivity index (χ0n) is 12.6. The molecule has 5 nitrogen and oxygen atoms in total. The quantitative estimate of drug-likeness (QED) is 0.791. The van der Waals surface area contributed by atoms with E-state index in [0.717, 1.165) is 71.7 Å². The van der Waals surface area contributed by atoms with Crippen LogP contribution >= 0.6 is 0 Å². The van der Waals surface area contributed by atoms with E-state index in [9.17, 15) is 4.79 Å². The number of morpholine rings is 1. The first kappa shape index (κ1) is 14.3. The Morgan fingerprint density at radius 1 is 1.30 bits per heavy atom. The smallest absolute Gasteiger partial charge is 0.229 e. The molecule has 1 amide bonds. The molecule has 0 aromatic rings. The monoisotopic (exact) mass is 281 g/mol. The molecular formula is C15H27N3O2. The van der Waals surface area contributed by atoms with Gasteiger partial charge in [0.05, 0.1) is 18.6 Å². The molecule has 0 saturated carbocycles. The van der Waals surface area contributed by atoms with Crippen LogP contribution in [-0.2, 0) is 9.53 Å². The zero-order valence-corrected chi connectivity index (χ0v) is 12.6. The lowest BCUT2D eigenvalue weighted by Gasteiger charge is -2.37. The summed E-state index contributed by atoms with van der Waals surface area (Å²) in [4.78, 5) is 17.4. The van der Waals surface area contributed by atoms with Crippen molar-refractivity contribution in [1.82, 2.24) is 15.1 Å². The lowest BCUT2D eigenvalue weighted by Crippen LogP contribution is -2.51. The van der Waals surface area contributed by atoms with Crippen LogP contribution in [0.3, 0.4) is 0 Å². The Hall–Kier alpha value is -0.650. The summed E-state index contributed by atoms with van der Waals surface area (Å²) in [5.41, 5.74) is -0.182. The molecule has 114 valence electrons. The third-order valence-electron chi connectivity index (χ3n) is 5.13. The molecule has 3 aliphatic heterocycles. The minimum absolute atomic E-state index is 0.182. The minimum atomic E-state index is -0.182. The number of carbonyl (C=O) groups is 1. The summed E-state index contributed by atoms with van der Waals surface area (Å²) >= 11 is 0. The molecule has 0 aliphatic carbocycles. The van der Waals surface area contributed by atoms with Crippen molar-refractivity contribution in [3.8, 4) is 0 Å². The maximum absolute atomic E-state index is 12.8. The third kappa shape index (κ3) is 2.85. The Bertz CT molecular complexity index is 349. The molecule has 0 aromatic carbocycles. The molecule has 3 aliphatic rings. The number of ether oxygens (including phenoxy) is 1. The molecule has 3 heterocycles. The average Bonchev–Trinajstić information content (AvgIpc) is 2.98. The molecule has 0 radical (unpaired) electrons. The Labute approximate surface area is 121 Å². The molecule has 0 bridgehead atoms. The van der Waals surface area contributed by atoms with Gasteiger partial charge in [-0.15, -0.1) is 0 Å². The summed E-state index contributed by atoms with van der Waals surface area (Å²) in [5.74, 6) is 0.362. The van der Waals surface area contributed by atoms with Crippen molar-refractivity contribution in [2.24, 2.45) is 5.41 Å². The largest absolute Gasteiger partial charge is 0.379 e. The first-order chi connectivity index (χ1) is 9.69. The Morgan fingerprint density at radius 3 is 2.80 bits per heavy atom. The fourth-order valence-corrected chi connectivity index (χ4v) is 3.79. The van der Waals surface area contributed by atoms with Crippen molar-refractivity contribution in [1.29, 1.82) is 0 Å². The second-order valence-corrected chi connectivity index (χ2v) is 6.68. The summed E-state index contributed by atoms with van der Waals surface area (Å²) in [6.07, 6.45) is 3.26. The Balaban J connectivity index is 1.57. The van der Waals surface area contributed by atoms with Crippen LogP contribution < -0.4 is 5.32 Å². The lowest BCUT2D eigenvalue weighted by molar-refractivity contribution is -0.141. The van der Waals surface area contributed by atoms with Crippen LogP contribution in [-0.4, -0.2) is 74.2 Å². The number of likely N-dealkylation sites (tertiary alicyclic amines) is 1. The number of hydrogen-bond donors (Lipinski definition) is 1. The van der Waals surface area contributed by atoms with Gasteiger partial charge in [-0.2, -0.15) is 0 Å². The van der Waals surface area contributed by atoms with Gasteiger partial charge in [0.2, 0.25) is 5.91 Å². The van der Waals surface area contributed by atoms with Crippen LogP contribution in [0, 0.1) is 5.41 Å². The second kappa shape index (κ2) is 6.00. The highest BCUT2D eigenvalue weighted by atomic mass is 16.5. The predicted molar refractivity (Wildman–Crippen MR) is 77.6 cm³/mol. The fraction of sp³-hybridized carbons (Fsp3) is 0.933. The van der Waals surface area contributed by atoms with Crippen LogP contribution in [0.1, 0.15) is 26.2 Å². The molecule has 3 rings (SSSR count). The number of nitrogens with zero attached hydrogens (tertiary/aromatic N) is 2. The number of piperidine rings is 1. The third-order valence-corrected chi connectivity index (χ3v) is 5.13. The molecule has 20 heavy (non-hydrogen) atoms. The highest BCUT2D eigenvalue weighted by molar-refractivity contribution is 5.83. The number of hydrogen-bond acceptors (Lipinski definition) is 4. The van der Waals surface area contributed by atoms with Crippen LogP contribution in [0.4, 0.5) is 0 Å². The maximum Gasteiger partial charge on any atom is 0.229 e. The van der Waals surface area contributed by atoms with E-state index in [2.05, 4.69) is 22.0 Å². The van der Waals surface area contributed by atoms with E-state index in [4.69, 9.17) is 4.74 Å². The summed E-state index contributed by atoms with van der Waals surface area (Å²) in [6.45, 7) is 9.58. The van der Waals surface area contributed by atoms with Crippen molar-refractivity contribution < 1.29 is 9.53 Å². The van der Waals surface area contributed by atoms with Crippen molar-refractivity contribution in [2.45, 2.75) is 32.2 Å². The minimum Gasteiger partial charge on any atom is -0.379 e. The lowest BCUT2D eigenvalue weighted by atomic mass is 9.81. The number of nitrogens with one attached hydrogen (secondary N) is 1. The van der Waals surface area contributed by atoms with E-state index in [1.165, 1.54) is 0 Å². The van der Waals surface area contributed by atoms with Gasteiger partial charge in [-0.25, -0.2) is 0 Å². The highest BCUT2D eigenvalue weighted by Gasteiger charge is 2.41. The van der Waals surface area contributed by atoms with Crippen LogP contribution in [0.2, 0.25) is 0 Å². The van der Waals surface area contributed by atoms with E-state index < -0.39 is 0 Å². The van der Waals surface area contributed by atoms with Crippen molar-refractivity contribution in [3.63, 3.8) is 0 Å². The summed E-state index contributed by atoms with van der Waals surface area (Å²) in [5, 5.41) is 3.38. The van der Waals surface area contributed by atoms with Crippen molar-refractivity contribution in [3.05, 3.63) is 0 Å². The molecule has 2 unspecified atom stereocenters. The maximum atomic E-state index is 12.8. The number of carbonyl (C=O) groups excluding carboxylic acids is 1. The second-order valence-electron chi connectivity index (χ2n) is 6.68. The van der Waals surface area contributed by atoms with Gasteiger partial charge in [0.15, 0.2) is 0 Å². The molecule has 0 aromatic heterocycles. The summed E-state index contributed by atoms with van der Waals surface area (Å²) in [7, 11) is 0. The van der Waals surface area contributed by atoms with Gasteiger partial charge < -0.3 is 15.0 Å². The van der Waals surface area contributed by atoms with Gasteiger partial charge in [-0.1, -0.05) is 0 Å². The zero-order chi connectivity index (χ0) is 14.0. The average molecular weight is 281 g/mol. The molecule has 3 saturated heterocycles. The molecule has 5 heteroatoms. The first-order valence-corrected chi connectivity index (χ1v) is 8.01. The number of rotatable bonds is 2. The number of amides is 1. The highest BCUT2D eigenvalue weighted by Crippen LogP contribution is 2.30.